The number of rotatable bonds is 9. The number of carbonyl (C=O) groups excluding carboxylic acids is 1. The van der Waals surface area contributed by atoms with Crippen LogP contribution in [0.1, 0.15) is 21.1 Å². The zero-order valence-electron chi connectivity index (χ0n) is 23.1. The van der Waals surface area contributed by atoms with Crippen molar-refractivity contribution in [1.82, 2.24) is 29.5 Å². The van der Waals surface area contributed by atoms with Gasteiger partial charge >= 0.3 is 0 Å². The lowest BCUT2D eigenvalue weighted by Gasteiger charge is -2.33. The van der Waals surface area contributed by atoms with E-state index in [0.717, 1.165) is 35.9 Å². The molecule has 11 heteroatoms. The van der Waals surface area contributed by atoms with E-state index in [1.165, 1.54) is 28.7 Å². The molecule has 0 spiro atoms. The predicted molar refractivity (Wildman–Crippen MR) is 176 cm³/mol. The molecule has 0 unspecified atom stereocenters. The summed E-state index contributed by atoms with van der Waals surface area (Å²) < 4.78 is 1.92. The Morgan fingerprint density at radius 1 is 0.884 bits per heavy atom. The van der Waals surface area contributed by atoms with Crippen molar-refractivity contribution in [2.24, 2.45) is 0 Å². The third-order valence-electron chi connectivity index (χ3n) is 7.07. The molecule has 6 rings (SSSR count). The lowest BCUT2D eigenvalue weighted by Crippen LogP contribution is -2.48. The van der Waals surface area contributed by atoms with Gasteiger partial charge in [0.1, 0.15) is 10.7 Å². The minimum absolute atomic E-state index is 0.0211. The summed E-state index contributed by atoms with van der Waals surface area (Å²) in [5, 5.41) is 13.4. The van der Waals surface area contributed by atoms with Gasteiger partial charge in [0.05, 0.1) is 21.5 Å². The predicted octanol–water partition coefficient (Wildman–Crippen LogP) is 7.46. The summed E-state index contributed by atoms with van der Waals surface area (Å²) in [5.74, 6) is 1.11. The Labute approximate surface area is 268 Å². The average molecular weight is 648 g/mol. The number of aromatic nitrogens is 4. The Morgan fingerprint density at radius 3 is 2.37 bits per heavy atom. The van der Waals surface area contributed by atoms with Crippen molar-refractivity contribution in [3.63, 3.8) is 0 Å². The summed E-state index contributed by atoms with van der Waals surface area (Å²) in [6.07, 6.45) is 4.32. The Balaban J connectivity index is 1.10. The molecule has 0 saturated carbocycles. The summed E-state index contributed by atoms with van der Waals surface area (Å²) >= 11 is 16.1. The molecule has 3 aromatic carbocycles. The van der Waals surface area contributed by atoms with E-state index >= 15 is 0 Å². The highest BCUT2D eigenvalue weighted by molar-refractivity contribution is 7.98. The van der Waals surface area contributed by atoms with Crippen LogP contribution in [0.5, 0.6) is 0 Å². The van der Waals surface area contributed by atoms with E-state index in [0.29, 0.717) is 45.6 Å². The fourth-order valence-corrected chi connectivity index (χ4v) is 7.00. The lowest BCUT2D eigenvalue weighted by molar-refractivity contribution is 0.0645. The number of benzene rings is 3. The number of para-hydroxylation sites is 1. The van der Waals surface area contributed by atoms with Crippen LogP contribution in [-0.2, 0) is 5.75 Å². The van der Waals surface area contributed by atoms with Crippen molar-refractivity contribution in [1.29, 1.82) is 0 Å². The molecule has 0 N–H and O–H groups in total. The van der Waals surface area contributed by atoms with Crippen molar-refractivity contribution in [3.8, 4) is 17.1 Å². The number of nitrogens with zero attached hydrogens (tertiary/aromatic N) is 6. The van der Waals surface area contributed by atoms with E-state index in [1.807, 2.05) is 81.6 Å². The number of halogens is 2. The van der Waals surface area contributed by atoms with Crippen LogP contribution in [0, 0.1) is 0 Å². The molecule has 218 valence electrons. The Morgan fingerprint density at radius 2 is 1.60 bits per heavy atom. The maximum atomic E-state index is 13.2. The van der Waals surface area contributed by atoms with E-state index in [1.54, 1.807) is 0 Å². The summed E-state index contributed by atoms with van der Waals surface area (Å²) in [6.45, 7) is 3.91. The third kappa shape index (κ3) is 7.03. The van der Waals surface area contributed by atoms with Crippen molar-refractivity contribution >= 4 is 58.3 Å². The molecule has 1 fully saturated rings. The molecule has 0 aliphatic carbocycles. The molecule has 0 atom stereocenters. The van der Waals surface area contributed by atoms with Gasteiger partial charge in [0.25, 0.3) is 5.91 Å². The molecule has 1 saturated heterocycles. The topological polar surface area (TPSA) is 67.2 Å². The monoisotopic (exact) mass is 646 g/mol. The van der Waals surface area contributed by atoms with Crippen molar-refractivity contribution in [2.45, 2.75) is 10.9 Å². The normalized spacial score (nSPS) is 14.0. The SMILES string of the molecule is O=C(c1csc(CSc2nnc(-c3ccccc3Cl)n2-c2ccccc2Cl)n1)N1CCN(CC=Cc2ccccc2)CC1. The molecule has 1 aliphatic rings. The van der Waals surface area contributed by atoms with Gasteiger partial charge < -0.3 is 4.90 Å². The van der Waals surface area contributed by atoms with Crippen LogP contribution in [0.2, 0.25) is 10.0 Å². The first-order chi connectivity index (χ1) is 21.1. The highest BCUT2D eigenvalue weighted by Gasteiger charge is 2.24. The zero-order valence-corrected chi connectivity index (χ0v) is 26.3. The fraction of sp³-hybridized carbons (Fsp3) is 0.188. The first kappa shape index (κ1) is 29.6. The van der Waals surface area contributed by atoms with Gasteiger partial charge in [-0.15, -0.1) is 21.5 Å². The Kier molecular flexibility index (Phi) is 9.55. The van der Waals surface area contributed by atoms with Crippen LogP contribution in [0.15, 0.2) is 95.5 Å². The van der Waals surface area contributed by atoms with Crippen LogP contribution in [0.3, 0.4) is 0 Å². The summed E-state index contributed by atoms with van der Waals surface area (Å²) in [5.41, 5.74) is 3.20. The Bertz CT molecular complexity index is 1730. The van der Waals surface area contributed by atoms with Gasteiger partial charge in [0, 0.05) is 43.7 Å². The number of thioether (sulfide) groups is 1. The molecule has 5 aromatic rings. The first-order valence-electron chi connectivity index (χ1n) is 13.8. The number of amides is 1. The van der Waals surface area contributed by atoms with Gasteiger partial charge in [-0.05, 0) is 29.8 Å². The maximum Gasteiger partial charge on any atom is 0.273 e. The fourth-order valence-electron chi connectivity index (χ4n) is 4.83. The lowest BCUT2D eigenvalue weighted by atomic mass is 10.2. The van der Waals surface area contributed by atoms with Gasteiger partial charge in [-0.2, -0.15) is 0 Å². The zero-order chi connectivity index (χ0) is 29.6. The molecule has 0 bridgehead atoms. The van der Waals surface area contributed by atoms with E-state index < -0.39 is 0 Å². The smallest absolute Gasteiger partial charge is 0.273 e. The first-order valence-corrected chi connectivity index (χ1v) is 16.4. The van der Waals surface area contributed by atoms with Crippen LogP contribution in [0.25, 0.3) is 23.2 Å². The standard InChI is InChI=1S/C32H28Cl2N6OS2/c33-25-13-5-4-12-24(25)30-36-37-32(40(30)28-15-7-6-14-26(28)34)43-22-29-35-27(21-42-29)31(41)39-19-17-38(18-20-39)16-8-11-23-9-2-1-3-10-23/h1-15,21H,16-20,22H2. The van der Waals surface area contributed by atoms with Crippen LogP contribution < -0.4 is 0 Å². The summed E-state index contributed by atoms with van der Waals surface area (Å²) in [7, 11) is 0. The molecule has 7 nitrogen and oxygen atoms in total. The van der Waals surface area contributed by atoms with Crippen LogP contribution in [0.4, 0.5) is 0 Å². The van der Waals surface area contributed by atoms with Crippen LogP contribution >= 0.6 is 46.3 Å². The molecule has 1 amide bonds. The molecule has 3 heterocycles. The number of hydrogen-bond acceptors (Lipinski definition) is 7. The van der Waals surface area contributed by atoms with Gasteiger partial charge in [0.2, 0.25) is 0 Å². The van der Waals surface area contributed by atoms with E-state index in [4.69, 9.17) is 23.2 Å². The molecular weight excluding hydrogens is 619 g/mol. The summed E-state index contributed by atoms with van der Waals surface area (Å²) in [6, 6.07) is 25.4. The number of hydrogen-bond donors (Lipinski definition) is 0. The maximum absolute atomic E-state index is 13.2. The molecule has 1 aliphatic heterocycles. The molecule has 0 radical (unpaired) electrons. The van der Waals surface area contributed by atoms with E-state index in [2.05, 4.69) is 44.4 Å². The van der Waals surface area contributed by atoms with Crippen molar-refractivity contribution in [3.05, 3.63) is 117 Å². The Hall–Kier alpha value is -3.47. The average Bonchev–Trinajstić information content (AvgIpc) is 3.69. The largest absolute Gasteiger partial charge is 0.335 e. The van der Waals surface area contributed by atoms with Gasteiger partial charge in [-0.3, -0.25) is 14.3 Å². The van der Waals surface area contributed by atoms with Crippen molar-refractivity contribution in [2.75, 3.05) is 32.7 Å². The number of thiazole rings is 1. The quantitative estimate of drug-likeness (QED) is 0.155. The number of piperazine rings is 1. The minimum atomic E-state index is -0.0211. The van der Waals surface area contributed by atoms with Crippen LogP contribution in [-0.4, -0.2) is 68.2 Å². The molecule has 2 aromatic heterocycles. The van der Waals surface area contributed by atoms with E-state index in [-0.39, 0.29) is 5.91 Å². The van der Waals surface area contributed by atoms with Crippen molar-refractivity contribution < 1.29 is 4.79 Å². The second-order valence-electron chi connectivity index (χ2n) is 9.89. The van der Waals surface area contributed by atoms with E-state index in [9.17, 15) is 4.79 Å². The highest BCUT2D eigenvalue weighted by atomic mass is 35.5. The summed E-state index contributed by atoms with van der Waals surface area (Å²) in [4.78, 5) is 22.2. The van der Waals surface area contributed by atoms with Gasteiger partial charge in [-0.1, -0.05) is 102 Å². The number of carbonyl (C=O) groups is 1. The third-order valence-corrected chi connectivity index (χ3v) is 9.69. The van der Waals surface area contributed by atoms with Gasteiger partial charge in [-0.25, -0.2) is 4.98 Å². The highest BCUT2D eigenvalue weighted by Crippen LogP contribution is 2.35. The molecular formula is C32H28Cl2N6OS2. The minimum Gasteiger partial charge on any atom is -0.335 e. The van der Waals surface area contributed by atoms with Gasteiger partial charge in [0.15, 0.2) is 11.0 Å². The second-order valence-corrected chi connectivity index (χ2v) is 12.6. The molecule has 43 heavy (non-hydrogen) atoms. The second kappa shape index (κ2) is 13.9.